The fourth-order valence-electron chi connectivity index (χ4n) is 2.18. The van der Waals surface area contributed by atoms with Crippen molar-refractivity contribution in [1.82, 2.24) is 14.8 Å². The number of rotatable bonds is 5. The van der Waals surface area contributed by atoms with Crippen LogP contribution in [0.2, 0.25) is 10.0 Å². The van der Waals surface area contributed by atoms with Gasteiger partial charge in [0.2, 0.25) is 0 Å². The fraction of sp³-hybridized carbons (Fsp3) is 0.176. The fourth-order valence-corrected chi connectivity index (χ4v) is 3.67. The van der Waals surface area contributed by atoms with Gasteiger partial charge in [0.05, 0.1) is 0 Å². The van der Waals surface area contributed by atoms with Crippen LogP contribution in [0.25, 0.3) is 0 Å². The van der Waals surface area contributed by atoms with Crippen LogP contribution in [0.3, 0.4) is 0 Å². The molecule has 0 radical (unpaired) electrons. The highest BCUT2D eigenvalue weighted by Crippen LogP contribution is 2.28. The molecule has 2 aromatic carbocycles. The van der Waals surface area contributed by atoms with Crippen LogP contribution in [-0.2, 0) is 19.2 Å². The topological polar surface area (TPSA) is 30.7 Å². The van der Waals surface area contributed by atoms with Crippen LogP contribution in [0.4, 0.5) is 0 Å². The number of nitrogens with zero attached hydrogens (tertiary/aromatic N) is 3. The summed E-state index contributed by atoms with van der Waals surface area (Å²) in [7, 11) is 1.99. The predicted octanol–water partition coefficient (Wildman–Crippen LogP) is 5.01. The monoisotopic (exact) mass is 363 g/mol. The van der Waals surface area contributed by atoms with Gasteiger partial charge in [-0.1, -0.05) is 71.4 Å². The van der Waals surface area contributed by atoms with Crippen molar-refractivity contribution in [2.75, 3.05) is 0 Å². The standard InChI is InChI=1S/C17H15Cl2N3S/c1-22-16(9-12-5-3-2-4-6-12)20-21-17(22)23-11-13-7-8-14(18)10-15(13)19/h2-8,10H,9,11H2,1H3. The first-order chi connectivity index (χ1) is 11.1. The van der Waals surface area contributed by atoms with Crippen molar-refractivity contribution in [3.8, 4) is 0 Å². The van der Waals surface area contributed by atoms with Gasteiger partial charge >= 0.3 is 0 Å². The molecule has 0 amide bonds. The molecule has 0 aliphatic rings. The van der Waals surface area contributed by atoms with Gasteiger partial charge in [-0.15, -0.1) is 10.2 Å². The highest BCUT2D eigenvalue weighted by atomic mass is 35.5. The molecule has 3 nitrogen and oxygen atoms in total. The van der Waals surface area contributed by atoms with Crippen molar-refractivity contribution >= 4 is 35.0 Å². The minimum Gasteiger partial charge on any atom is -0.309 e. The Labute approximate surface area is 149 Å². The summed E-state index contributed by atoms with van der Waals surface area (Å²) in [6.45, 7) is 0. The lowest BCUT2D eigenvalue weighted by Crippen LogP contribution is -2.00. The normalized spacial score (nSPS) is 10.9. The van der Waals surface area contributed by atoms with E-state index >= 15 is 0 Å². The van der Waals surface area contributed by atoms with E-state index in [0.29, 0.717) is 10.0 Å². The second kappa shape index (κ2) is 7.39. The number of hydrogen-bond acceptors (Lipinski definition) is 3. The maximum Gasteiger partial charge on any atom is 0.191 e. The lowest BCUT2D eigenvalue weighted by molar-refractivity contribution is 0.749. The first kappa shape index (κ1) is 16.4. The molecule has 0 aliphatic heterocycles. The van der Waals surface area contributed by atoms with Crippen molar-refractivity contribution in [3.63, 3.8) is 0 Å². The molecule has 23 heavy (non-hydrogen) atoms. The molecular weight excluding hydrogens is 349 g/mol. The van der Waals surface area contributed by atoms with Crippen LogP contribution < -0.4 is 0 Å². The number of aromatic nitrogens is 3. The minimum atomic E-state index is 0.646. The maximum absolute atomic E-state index is 6.21. The summed E-state index contributed by atoms with van der Waals surface area (Å²) in [6.07, 6.45) is 0.770. The van der Waals surface area contributed by atoms with Crippen molar-refractivity contribution < 1.29 is 0 Å². The Balaban J connectivity index is 1.69. The molecule has 0 atom stereocenters. The van der Waals surface area contributed by atoms with E-state index in [0.717, 1.165) is 28.7 Å². The Morgan fingerprint density at radius 1 is 1.04 bits per heavy atom. The zero-order valence-corrected chi connectivity index (χ0v) is 14.9. The number of hydrogen-bond donors (Lipinski definition) is 0. The lowest BCUT2D eigenvalue weighted by atomic mass is 10.1. The Morgan fingerprint density at radius 3 is 2.57 bits per heavy atom. The van der Waals surface area contributed by atoms with E-state index in [2.05, 4.69) is 22.3 Å². The van der Waals surface area contributed by atoms with Gasteiger partial charge in [0, 0.05) is 29.3 Å². The van der Waals surface area contributed by atoms with E-state index in [1.807, 2.05) is 41.9 Å². The summed E-state index contributed by atoms with van der Waals surface area (Å²) < 4.78 is 2.03. The van der Waals surface area contributed by atoms with Crippen LogP contribution in [-0.4, -0.2) is 14.8 Å². The third-order valence-corrected chi connectivity index (χ3v) is 5.16. The first-order valence-electron chi connectivity index (χ1n) is 7.12. The zero-order chi connectivity index (χ0) is 16.2. The molecule has 0 fully saturated rings. The average molecular weight is 364 g/mol. The molecule has 1 aromatic heterocycles. The van der Waals surface area contributed by atoms with Crippen molar-refractivity contribution in [3.05, 3.63) is 75.5 Å². The Kier molecular flexibility index (Phi) is 5.26. The van der Waals surface area contributed by atoms with Gasteiger partial charge in [-0.05, 0) is 23.3 Å². The van der Waals surface area contributed by atoms with Crippen LogP contribution in [0.15, 0.2) is 53.7 Å². The molecule has 0 aliphatic carbocycles. The summed E-state index contributed by atoms with van der Waals surface area (Å²) >= 11 is 13.7. The molecule has 3 rings (SSSR count). The van der Waals surface area contributed by atoms with Crippen molar-refractivity contribution in [1.29, 1.82) is 0 Å². The molecule has 3 aromatic rings. The molecule has 0 saturated heterocycles. The summed E-state index contributed by atoms with van der Waals surface area (Å²) in [4.78, 5) is 0. The lowest BCUT2D eigenvalue weighted by Gasteiger charge is -2.06. The highest BCUT2D eigenvalue weighted by Gasteiger charge is 2.11. The summed E-state index contributed by atoms with van der Waals surface area (Å²) in [5.74, 6) is 1.67. The predicted molar refractivity (Wildman–Crippen MR) is 96.3 cm³/mol. The molecule has 0 spiro atoms. The van der Waals surface area contributed by atoms with Crippen LogP contribution in [0, 0.1) is 0 Å². The largest absolute Gasteiger partial charge is 0.309 e. The maximum atomic E-state index is 6.21. The SMILES string of the molecule is Cn1c(Cc2ccccc2)nnc1SCc1ccc(Cl)cc1Cl. The van der Waals surface area contributed by atoms with Gasteiger partial charge < -0.3 is 4.57 Å². The second-order valence-corrected chi connectivity index (χ2v) is 6.93. The smallest absolute Gasteiger partial charge is 0.191 e. The van der Waals surface area contributed by atoms with Gasteiger partial charge in [-0.2, -0.15) is 0 Å². The second-order valence-electron chi connectivity index (χ2n) is 5.14. The first-order valence-corrected chi connectivity index (χ1v) is 8.86. The highest BCUT2D eigenvalue weighted by molar-refractivity contribution is 7.98. The third kappa shape index (κ3) is 4.08. The molecule has 0 N–H and O–H groups in total. The molecule has 0 saturated carbocycles. The van der Waals surface area contributed by atoms with Crippen molar-refractivity contribution in [2.45, 2.75) is 17.3 Å². The van der Waals surface area contributed by atoms with E-state index in [1.54, 1.807) is 17.8 Å². The van der Waals surface area contributed by atoms with E-state index < -0.39 is 0 Å². The van der Waals surface area contributed by atoms with E-state index in [4.69, 9.17) is 23.2 Å². The molecule has 118 valence electrons. The van der Waals surface area contributed by atoms with Gasteiger partial charge in [-0.25, -0.2) is 0 Å². The van der Waals surface area contributed by atoms with Gasteiger partial charge in [0.25, 0.3) is 0 Å². The molecule has 6 heteroatoms. The summed E-state index contributed by atoms with van der Waals surface area (Å²) in [6, 6.07) is 15.8. The third-order valence-electron chi connectivity index (χ3n) is 3.50. The number of thioether (sulfide) groups is 1. The molecular formula is C17H15Cl2N3S. The minimum absolute atomic E-state index is 0.646. The van der Waals surface area contributed by atoms with E-state index in [-0.39, 0.29) is 0 Å². The van der Waals surface area contributed by atoms with Crippen LogP contribution in [0.1, 0.15) is 17.0 Å². The zero-order valence-electron chi connectivity index (χ0n) is 12.5. The van der Waals surface area contributed by atoms with Gasteiger partial charge in [0.1, 0.15) is 5.82 Å². The molecule has 0 unspecified atom stereocenters. The number of halogens is 2. The Hall–Kier alpha value is -1.49. The average Bonchev–Trinajstić information content (AvgIpc) is 2.88. The van der Waals surface area contributed by atoms with Crippen LogP contribution in [0.5, 0.6) is 0 Å². The molecule has 1 heterocycles. The molecule has 0 bridgehead atoms. The Bertz CT molecular complexity index is 803. The van der Waals surface area contributed by atoms with Crippen LogP contribution >= 0.6 is 35.0 Å². The van der Waals surface area contributed by atoms with Gasteiger partial charge in [0.15, 0.2) is 5.16 Å². The number of benzene rings is 2. The Morgan fingerprint density at radius 2 is 1.83 bits per heavy atom. The summed E-state index contributed by atoms with van der Waals surface area (Å²) in [5, 5.41) is 10.8. The van der Waals surface area contributed by atoms with E-state index in [1.165, 1.54) is 5.56 Å². The summed E-state index contributed by atoms with van der Waals surface area (Å²) in [5.41, 5.74) is 2.26. The quantitative estimate of drug-likeness (QED) is 0.597. The van der Waals surface area contributed by atoms with E-state index in [9.17, 15) is 0 Å². The van der Waals surface area contributed by atoms with Crippen molar-refractivity contribution in [2.24, 2.45) is 7.05 Å². The van der Waals surface area contributed by atoms with Gasteiger partial charge in [-0.3, -0.25) is 0 Å².